The first-order chi connectivity index (χ1) is 16.7. The van der Waals surface area contributed by atoms with E-state index in [1.54, 1.807) is 6.92 Å². The summed E-state index contributed by atoms with van der Waals surface area (Å²) in [5, 5.41) is 2.97. The van der Waals surface area contributed by atoms with E-state index in [0.717, 1.165) is 22.8 Å². The number of nitrogens with zero attached hydrogens (tertiary/aromatic N) is 1. The van der Waals surface area contributed by atoms with Crippen LogP contribution in [0.15, 0.2) is 42.0 Å². The summed E-state index contributed by atoms with van der Waals surface area (Å²) >= 11 is 0. The van der Waals surface area contributed by atoms with Crippen LogP contribution in [0.4, 0.5) is 26.3 Å². The highest BCUT2D eigenvalue weighted by Crippen LogP contribution is 2.50. The van der Waals surface area contributed by atoms with Gasteiger partial charge in [0.1, 0.15) is 12.4 Å². The van der Waals surface area contributed by atoms with Crippen molar-refractivity contribution in [1.82, 2.24) is 10.2 Å². The predicted octanol–water partition coefficient (Wildman–Crippen LogP) is 6.00. The van der Waals surface area contributed by atoms with Crippen LogP contribution in [0.3, 0.4) is 0 Å². The molecular weight excluding hydrogens is 470 g/mol. The molecule has 0 saturated heterocycles. The van der Waals surface area contributed by atoms with Crippen molar-refractivity contribution in [3.8, 4) is 5.75 Å². The third-order valence-electron chi connectivity index (χ3n) is 6.56. The average molecular weight is 499 g/mol. The van der Waals surface area contributed by atoms with E-state index in [1.807, 2.05) is 24.3 Å². The van der Waals surface area contributed by atoms with Gasteiger partial charge in [-0.3, -0.25) is 9.29 Å². The maximum atomic E-state index is 15.2. The van der Waals surface area contributed by atoms with E-state index >= 15 is 4.39 Å². The highest BCUT2D eigenvalue weighted by molar-refractivity contribution is 5.79. The molecule has 1 aliphatic carbocycles. The number of ether oxygens (including phenoxy) is 1. The van der Waals surface area contributed by atoms with Crippen molar-refractivity contribution in [1.29, 1.82) is 0 Å². The standard InChI is InChI=1S/C26H28F6N2O/c1-16-11-20-19-6-3-2-5-17(19)12-21(20)25(34(16)15-26(30,31)32)22-13-18(14-23(28)24(22)29)35-10-9-33-8-4-7-27/h2-3,5-6,13-14,16,25,33H,4,7-12,15H2,1H3/t16-,25+/m1/s1. The van der Waals surface area contributed by atoms with Gasteiger partial charge in [-0.2, -0.15) is 13.2 Å². The van der Waals surface area contributed by atoms with Crippen molar-refractivity contribution in [3.05, 3.63) is 70.3 Å². The second-order valence-corrected chi connectivity index (χ2v) is 9.03. The summed E-state index contributed by atoms with van der Waals surface area (Å²) in [5.41, 5.74) is 3.33. The minimum Gasteiger partial charge on any atom is -0.492 e. The minimum absolute atomic E-state index is 0.0361. The molecule has 0 spiro atoms. The maximum absolute atomic E-state index is 15.2. The molecule has 0 unspecified atom stereocenters. The largest absolute Gasteiger partial charge is 0.492 e. The van der Waals surface area contributed by atoms with Crippen LogP contribution in [-0.2, 0) is 6.42 Å². The number of hydrogen-bond acceptors (Lipinski definition) is 3. The maximum Gasteiger partial charge on any atom is 0.401 e. The van der Waals surface area contributed by atoms with Crippen LogP contribution in [0.1, 0.15) is 42.5 Å². The quantitative estimate of drug-likeness (QED) is 0.339. The smallest absolute Gasteiger partial charge is 0.401 e. The highest BCUT2D eigenvalue weighted by Gasteiger charge is 2.44. The molecule has 1 N–H and O–H groups in total. The lowest BCUT2D eigenvalue weighted by atomic mass is 9.85. The number of hydrogen-bond donors (Lipinski definition) is 1. The van der Waals surface area contributed by atoms with Gasteiger partial charge in [-0.1, -0.05) is 24.3 Å². The number of rotatable bonds is 9. The third-order valence-corrected chi connectivity index (χ3v) is 6.56. The van der Waals surface area contributed by atoms with Gasteiger partial charge in [0.05, 0.1) is 19.3 Å². The fourth-order valence-corrected chi connectivity index (χ4v) is 5.07. The molecule has 2 aliphatic rings. The molecule has 0 saturated carbocycles. The summed E-state index contributed by atoms with van der Waals surface area (Å²) in [5.74, 6) is -2.31. The molecule has 0 aromatic heterocycles. The van der Waals surface area contributed by atoms with Crippen LogP contribution in [0.5, 0.6) is 5.75 Å². The zero-order valence-electron chi connectivity index (χ0n) is 19.4. The van der Waals surface area contributed by atoms with Gasteiger partial charge >= 0.3 is 6.18 Å². The van der Waals surface area contributed by atoms with Gasteiger partial charge in [0.15, 0.2) is 11.6 Å². The molecule has 4 rings (SSSR count). The SMILES string of the molecule is C[C@@H]1CC2=C(Cc3ccccc32)[C@@H](c2cc(OCCNCCCF)cc(F)c2F)N1CC(F)(F)F. The van der Waals surface area contributed by atoms with Crippen LogP contribution in [-0.4, -0.2) is 50.0 Å². The fraction of sp³-hybridized carbons (Fsp3) is 0.462. The number of benzene rings is 2. The Morgan fingerprint density at radius 3 is 2.63 bits per heavy atom. The summed E-state index contributed by atoms with van der Waals surface area (Å²) in [6.07, 6.45) is -3.39. The first-order valence-electron chi connectivity index (χ1n) is 11.7. The molecule has 0 fully saturated rings. The molecule has 2 atom stereocenters. The van der Waals surface area contributed by atoms with E-state index in [1.165, 1.54) is 11.0 Å². The Kier molecular flexibility index (Phi) is 7.76. The molecular formula is C26H28F6N2O. The van der Waals surface area contributed by atoms with Crippen molar-refractivity contribution in [2.24, 2.45) is 0 Å². The normalized spacial score (nSPS) is 20.2. The van der Waals surface area contributed by atoms with E-state index in [-0.39, 0.29) is 17.9 Å². The summed E-state index contributed by atoms with van der Waals surface area (Å²) in [6.45, 7) is 0.921. The molecule has 0 radical (unpaired) electrons. The van der Waals surface area contributed by atoms with E-state index in [9.17, 15) is 22.0 Å². The summed E-state index contributed by atoms with van der Waals surface area (Å²) in [6, 6.07) is 8.15. The van der Waals surface area contributed by atoms with Gasteiger partial charge in [-0.15, -0.1) is 0 Å². The van der Waals surface area contributed by atoms with Gasteiger partial charge in [-0.05, 0) is 61.1 Å². The number of halogens is 6. The van der Waals surface area contributed by atoms with Gasteiger partial charge < -0.3 is 10.1 Å². The van der Waals surface area contributed by atoms with Crippen LogP contribution in [0.2, 0.25) is 0 Å². The molecule has 1 heterocycles. The Morgan fingerprint density at radius 1 is 1.11 bits per heavy atom. The Labute approximate surface area is 200 Å². The molecule has 1 aliphatic heterocycles. The van der Waals surface area contributed by atoms with Gasteiger partial charge in [-0.25, -0.2) is 8.78 Å². The van der Waals surface area contributed by atoms with Gasteiger partial charge in [0.25, 0.3) is 0 Å². The van der Waals surface area contributed by atoms with Crippen molar-refractivity contribution < 1.29 is 31.1 Å². The lowest BCUT2D eigenvalue weighted by Crippen LogP contribution is -2.46. The lowest BCUT2D eigenvalue weighted by Gasteiger charge is -2.42. The van der Waals surface area contributed by atoms with Crippen LogP contribution in [0.25, 0.3) is 5.57 Å². The first kappa shape index (κ1) is 25.6. The summed E-state index contributed by atoms with van der Waals surface area (Å²) < 4.78 is 88.4. The number of nitrogens with one attached hydrogen (secondary N) is 1. The number of fused-ring (bicyclic) bond motifs is 2. The fourth-order valence-electron chi connectivity index (χ4n) is 5.07. The first-order valence-corrected chi connectivity index (χ1v) is 11.7. The van der Waals surface area contributed by atoms with E-state index in [4.69, 9.17) is 4.74 Å². The van der Waals surface area contributed by atoms with Crippen molar-refractivity contribution in [2.75, 3.05) is 32.9 Å². The zero-order chi connectivity index (χ0) is 25.2. The topological polar surface area (TPSA) is 24.5 Å². The van der Waals surface area contributed by atoms with Crippen LogP contribution in [0, 0.1) is 11.6 Å². The second kappa shape index (κ2) is 10.6. The van der Waals surface area contributed by atoms with E-state index in [2.05, 4.69) is 5.32 Å². The Balaban J connectivity index is 1.70. The Morgan fingerprint density at radius 2 is 1.89 bits per heavy atom. The zero-order valence-corrected chi connectivity index (χ0v) is 19.4. The van der Waals surface area contributed by atoms with Crippen molar-refractivity contribution in [2.45, 2.75) is 44.4 Å². The molecule has 35 heavy (non-hydrogen) atoms. The predicted molar refractivity (Wildman–Crippen MR) is 122 cm³/mol. The summed E-state index contributed by atoms with van der Waals surface area (Å²) in [4.78, 5) is 1.21. The van der Waals surface area contributed by atoms with Gasteiger partial charge in [0, 0.05) is 24.2 Å². The minimum atomic E-state index is -4.51. The van der Waals surface area contributed by atoms with E-state index in [0.29, 0.717) is 37.9 Å². The van der Waals surface area contributed by atoms with Crippen molar-refractivity contribution in [3.63, 3.8) is 0 Å². The molecule has 190 valence electrons. The molecule has 9 heteroatoms. The third kappa shape index (κ3) is 5.67. The van der Waals surface area contributed by atoms with Crippen LogP contribution >= 0.6 is 0 Å². The molecule has 3 nitrogen and oxygen atoms in total. The van der Waals surface area contributed by atoms with Crippen molar-refractivity contribution >= 4 is 5.57 Å². The second-order valence-electron chi connectivity index (χ2n) is 9.03. The molecule has 0 amide bonds. The monoisotopic (exact) mass is 498 g/mol. The average Bonchev–Trinajstić information content (AvgIpc) is 3.16. The number of alkyl halides is 4. The van der Waals surface area contributed by atoms with E-state index < -0.39 is 43.1 Å². The molecule has 0 bridgehead atoms. The Bertz CT molecular complexity index is 1080. The molecule has 2 aromatic carbocycles. The summed E-state index contributed by atoms with van der Waals surface area (Å²) in [7, 11) is 0. The van der Waals surface area contributed by atoms with Crippen LogP contribution < -0.4 is 10.1 Å². The highest BCUT2D eigenvalue weighted by atomic mass is 19.4. The lowest BCUT2D eigenvalue weighted by molar-refractivity contribution is -0.155. The molecule has 2 aromatic rings. The Hall–Kier alpha value is -2.52. The van der Waals surface area contributed by atoms with Gasteiger partial charge in [0.2, 0.25) is 0 Å².